The van der Waals surface area contributed by atoms with Gasteiger partial charge in [0.2, 0.25) is 5.13 Å². The Balaban J connectivity index is 1.57. The zero-order chi connectivity index (χ0) is 24.5. The predicted molar refractivity (Wildman–Crippen MR) is 134 cm³/mol. The first-order valence-electron chi connectivity index (χ1n) is 11.0. The summed E-state index contributed by atoms with van der Waals surface area (Å²) in [4.78, 5) is 12.5. The van der Waals surface area contributed by atoms with Crippen LogP contribution >= 0.6 is 11.3 Å². The maximum atomic E-state index is 12.5. The van der Waals surface area contributed by atoms with E-state index in [1.165, 1.54) is 23.0 Å². The van der Waals surface area contributed by atoms with Crippen molar-refractivity contribution in [2.24, 2.45) is 5.92 Å². The third-order valence-corrected chi connectivity index (χ3v) is 5.61. The maximum absolute atomic E-state index is 12.5. The maximum Gasteiger partial charge on any atom is 0.268 e. The van der Waals surface area contributed by atoms with Crippen LogP contribution in [-0.2, 0) is 11.2 Å². The average molecular weight is 477 g/mol. The van der Waals surface area contributed by atoms with E-state index in [1.807, 2.05) is 44.2 Å². The molecule has 2 aromatic carbocycles. The number of amides is 1. The SMILES string of the molecule is Cc1ccc(OCCOc2cccc(/C=C(/C#N)C(=O)Nc3nnc(CC(C)C)s3)c2)c(C)c1. The fourth-order valence-electron chi connectivity index (χ4n) is 3.18. The molecule has 0 saturated carbocycles. The summed E-state index contributed by atoms with van der Waals surface area (Å²) in [6.45, 7) is 9.00. The molecule has 8 heteroatoms. The Bertz CT molecular complexity index is 1210. The minimum atomic E-state index is -0.525. The van der Waals surface area contributed by atoms with Gasteiger partial charge in [-0.1, -0.05) is 55.0 Å². The first-order valence-corrected chi connectivity index (χ1v) is 11.8. The Labute approximate surface area is 204 Å². The molecule has 3 aromatic rings. The van der Waals surface area contributed by atoms with Crippen LogP contribution in [0.1, 0.15) is 35.5 Å². The molecule has 176 valence electrons. The highest BCUT2D eigenvalue weighted by molar-refractivity contribution is 7.15. The van der Waals surface area contributed by atoms with Crippen molar-refractivity contribution in [3.63, 3.8) is 0 Å². The molecule has 0 aliphatic rings. The van der Waals surface area contributed by atoms with Gasteiger partial charge < -0.3 is 9.47 Å². The summed E-state index contributed by atoms with van der Waals surface area (Å²) in [6.07, 6.45) is 2.31. The number of carbonyl (C=O) groups is 1. The number of ether oxygens (including phenoxy) is 2. The molecule has 0 saturated heterocycles. The monoisotopic (exact) mass is 476 g/mol. The summed E-state index contributed by atoms with van der Waals surface area (Å²) in [6, 6.07) is 15.2. The molecule has 0 unspecified atom stereocenters. The molecule has 1 aromatic heterocycles. The first-order chi connectivity index (χ1) is 16.3. The average Bonchev–Trinajstić information content (AvgIpc) is 3.22. The number of benzene rings is 2. The second kappa shape index (κ2) is 12.0. The zero-order valence-corrected chi connectivity index (χ0v) is 20.6. The van der Waals surface area contributed by atoms with E-state index < -0.39 is 5.91 Å². The third-order valence-electron chi connectivity index (χ3n) is 4.74. The molecule has 0 radical (unpaired) electrons. The van der Waals surface area contributed by atoms with E-state index in [-0.39, 0.29) is 5.57 Å². The van der Waals surface area contributed by atoms with Gasteiger partial charge in [-0.05, 0) is 55.2 Å². The molecule has 3 rings (SSSR count). The van der Waals surface area contributed by atoms with Crippen LogP contribution in [0, 0.1) is 31.1 Å². The van der Waals surface area contributed by atoms with Crippen molar-refractivity contribution < 1.29 is 14.3 Å². The lowest BCUT2D eigenvalue weighted by Gasteiger charge is -2.11. The molecular formula is C26H28N4O3S. The number of nitriles is 1. The van der Waals surface area contributed by atoms with E-state index in [1.54, 1.807) is 12.1 Å². The summed E-state index contributed by atoms with van der Waals surface area (Å²) in [5.74, 6) is 1.38. The van der Waals surface area contributed by atoms with Gasteiger partial charge in [0.25, 0.3) is 5.91 Å². The third kappa shape index (κ3) is 7.42. The van der Waals surface area contributed by atoms with E-state index >= 15 is 0 Å². The standard InChI is InChI=1S/C26H28N4O3S/c1-17(2)12-24-29-30-26(34-24)28-25(31)21(16-27)14-20-6-5-7-22(15-20)32-10-11-33-23-9-8-18(3)13-19(23)4/h5-9,13-15,17H,10-12H2,1-4H3,(H,28,30,31)/b21-14-. The molecule has 1 N–H and O–H groups in total. The lowest BCUT2D eigenvalue weighted by Crippen LogP contribution is -2.13. The van der Waals surface area contributed by atoms with Crippen molar-refractivity contribution >= 4 is 28.5 Å². The smallest absolute Gasteiger partial charge is 0.268 e. The van der Waals surface area contributed by atoms with E-state index in [9.17, 15) is 10.1 Å². The summed E-state index contributed by atoms with van der Waals surface area (Å²) in [5, 5.41) is 21.4. The van der Waals surface area contributed by atoms with Crippen molar-refractivity contribution in [2.75, 3.05) is 18.5 Å². The van der Waals surface area contributed by atoms with Gasteiger partial charge in [-0.3, -0.25) is 10.1 Å². The number of hydrogen-bond acceptors (Lipinski definition) is 7. The molecular weight excluding hydrogens is 448 g/mol. The van der Waals surface area contributed by atoms with Crippen molar-refractivity contribution in [3.8, 4) is 17.6 Å². The van der Waals surface area contributed by atoms with Crippen LogP contribution in [0.15, 0.2) is 48.0 Å². The quantitative estimate of drug-likeness (QED) is 0.240. The van der Waals surface area contributed by atoms with Gasteiger partial charge in [-0.2, -0.15) is 5.26 Å². The van der Waals surface area contributed by atoms with Gasteiger partial charge in [-0.15, -0.1) is 10.2 Å². The van der Waals surface area contributed by atoms with Crippen molar-refractivity contribution in [1.82, 2.24) is 10.2 Å². The molecule has 0 aliphatic heterocycles. The summed E-state index contributed by atoms with van der Waals surface area (Å²) >= 11 is 1.31. The second-order valence-corrected chi connectivity index (χ2v) is 9.32. The van der Waals surface area contributed by atoms with Crippen LogP contribution < -0.4 is 14.8 Å². The highest BCUT2D eigenvalue weighted by Crippen LogP contribution is 2.21. The van der Waals surface area contributed by atoms with Crippen LogP contribution in [0.4, 0.5) is 5.13 Å². The van der Waals surface area contributed by atoms with Crippen LogP contribution in [0.25, 0.3) is 6.08 Å². The van der Waals surface area contributed by atoms with Crippen molar-refractivity contribution in [3.05, 3.63) is 69.7 Å². The Morgan fingerprint density at radius 2 is 1.94 bits per heavy atom. The number of nitrogens with one attached hydrogen (secondary N) is 1. The van der Waals surface area contributed by atoms with Crippen LogP contribution in [0.5, 0.6) is 11.5 Å². The van der Waals surface area contributed by atoms with Gasteiger partial charge in [0.15, 0.2) is 0 Å². The number of anilines is 1. The number of aryl methyl sites for hydroxylation is 2. The van der Waals surface area contributed by atoms with Gasteiger partial charge in [-0.25, -0.2) is 0 Å². The highest BCUT2D eigenvalue weighted by Gasteiger charge is 2.13. The second-order valence-electron chi connectivity index (χ2n) is 8.26. The largest absolute Gasteiger partial charge is 0.490 e. The number of aromatic nitrogens is 2. The fourth-order valence-corrected chi connectivity index (χ4v) is 4.13. The van der Waals surface area contributed by atoms with Gasteiger partial charge in [0.1, 0.15) is 41.4 Å². The molecule has 0 bridgehead atoms. The lowest BCUT2D eigenvalue weighted by atomic mass is 10.1. The molecule has 7 nitrogen and oxygen atoms in total. The van der Waals surface area contributed by atoms with E-state index in [4.69, 9.17) is 9.47 Å². The molecule has 34 heavy (non-hydrogen) atoms. The van der Waals surface area contributed by atoms with Gasteiger partial charge in [0, 0.05) is 6.42 Å². The van der Waals surface area contributed by atoms with Gasteiger partial charge >= 0.3 is 0 Å². The summed E-state index contributed by atoms with van der Waals surface area (Å²) < 4.78 is 11.6. The topological polar surface area (TPSA) is 97.1 Å². The Morgan fingerprint density at radius 3 is 2.68 bits per heavy atom. The Hall–Kier alpha value is -3.70. The fraction of sp³-hybridized carbons (Fsp3) is 0.308. The Kier molecular flexibility index (Phi) is 8.77. The highest BCUT2D eigenvalue weighted by atomic mass is 32.1. The lowest BCUT2D eigenvalue weighted by molar-refractivity contribution is -0.112. The van der Waals surface area contributed by atoms with E-state index in [0.29, 0.717) is 35.6 Å². The zero-order valence-electron chi connectivity index (χ0n) is 19.8. The summed E-state index contributed by atoms with van der Waals surface area (Å²) in [7, 11) is 0. The van der Waals surface area contributed by atoms with Crippen LogP contribution in [0.2, 0.25) is 0 Å². The molecule has 0 fully saturated rings. The normalized spacial score (nSPS) is 11.2. The molecule has 0 aliphatic carbocycles. The van der Waals surface area contributed by atoms with Crippen molar-refractivity contribution in [2.45, 2.75) is 34.1 Å². The minimum absolute atomic E-state index is 0.0315. The first kappa shape index (κ1) is 24.9. The number of rotatable bonds is 10. The predicted octanol–water partition coefficient (Wildman–Crippen LogP) is 5.36. The van der Waals surface area contributed by atoms with E-state index in [2.05, 4.69) is 35.4 Å². The summed E-state index contributed by atoms with van der Waals surface area (Å²) in [5.41, 5.74) is 2.92. The number of carbonyl (C=O) groups excluding carboxylic acids is 1. The number of nitrogens with zero attached hydrogens (tertiary/aromatic N) is 3. The Morgan fingerprint density at radius 1 is 1.15 bits per heavy atom. The van der Waals surface area contributed by atoms with Crippen LogP contribution in [0.3, 0.4) is 0 Å². The number of hydrogen-bond donors (Lipinski definition) is 1. The van der Waals surface area contributed by atoms with Gasteiger partial charge in [0.05, 0.1) is 0 Å². The minimum Gasteiger partial charge on any atom is -0.490 e. The molecule has 0 atom stereocenters. The van der Waals surface area contributed by atoms with Crippen LogP contribution in [-0.4, -0.2) is 29.3 Å². The van der Waals surface area contributed by atoms with E-state index in [0.717, 1.165) is 22.7 Å². The molecule has 1 amide bonds. The molecule has 1 heterocycles. The van der Waals surface area contributed by atoms with Crippen molar-refractivity contribution in [1.29, 1.82) is 5.26 Å². The molecule has 0 spiro atoms.